The van der Waals surface area contributed by atoms with Gasteiger partial charge in [-0.25, -0.2) is 0 Å². The number of carbonyl (C=O) groups is 1. The van der Waals surface area contributed by atoms with Crippen LogP contribution in [0.4, 0.5) is 0 Å². The first-order valence-electron chi connectivity index (χ1n) is 3.86. The molecule has 2 nitrogen and oxygen atoms in total. The van der Waals surface area contributed by atoms with Crippen LogP contribution in [0.15, 0.2) is 33.4 Å². The van der Waals surface area contributed by atoms with Crippen LogP contribution in [0.2, 0.25) is 0 Å². The number of hydrogen-bond donors (Lipinski definition) is 0. The van der Waals surface area contributed by atoms with Crippen molar-refractivity contribution in [3.63, 3.8) is 0 Å². The third kappa shape index (κ3) is 1.40. The van der Waals surface area contributed by atoms with Gasteiger partial charge in [0.15, 0.2) is 5.78 Å². The summed E-state index contributed by atoms with van der Waals surface area (Å²) in [6, 6.07) is 5.44. The van der Waals surface area contributed by atoms with Crippen LogP contribution in [0.25, 0.3) is 11.0 Å². The van der Waals surface area contributed by atoms with Gasteiger partial charge in [0.2, 0.25) is 0 Å². The van der Waals surface area contributed by atoms with Crippen LogP contribution in [-0.4, -0.2) is 5.78 Å². The smallest absolute Gasteiger partial charge is 0.159 e. The van der Waals surface area contributed by atoms with Crippen molar-refractivity contribution in [3.05, 3.63) is 34.5 Å². The number of hydrogen-bond acceptors (Lipinski definition) is 2. The fourth-order valence-corrected chi connectivity index (χ4v) is 1.81. The highest BCUT2D eigenvalue weighted by Crippen LogP contribution is 2.26. The van der Waals surface area contributed by atoms with Crippen molar-refractivity contribution >= 4 is 32.7 Å². The average Bonchev–Trinajstić information content (AvgIpc) is 2.51. The quantitative estimate of drug-likeness (QED) is 0.714. The Hall–Kier alpha value is -1.09. The van der Waals surface area contributed by atoms with Gasteiger partial charge in [0, 0.05) is 10.9 Å². The molecule has 0 atom stereocenters. The molecular weight excluding hydrogens is 232 g/mol. The molecule has 2 rings (SSSR count). The summed E-state index contributed by atoms with van der Waals surface area (Å²) >= 11 is 3.35. The van der Waals surface area contributed by atoms with Gasteiger partial charge in [-0.1, -0.05) is 0 Å². The van der Waals surface area contributed by atoms with E-state index >= 15 is 0 Å². The van der Waals surface area contributed by atoms with Gasteiger partial charge in [-0.15, -0.1) is 0 Å². The molecule has 0 saturated carbocycles. The Labute approximate surface area is 83.7 Å². The second kappa shape index (κ2) is 3.00. The van der Waals surface area contributed by atoms with Crippen molar-refractivity contribution in [3.8, 4) is 0 Å². The Kier molecular flexibility index (Phi) is 1.96. The zero-order valence-corrected chi connectivity index (χ0v) is 8.59. The molecular formula is C10H7BrO2. The van der Waals surface area contributed by atoms with Gasteiger partial charge in [-0.3, -0.25) is 4.79 Å². The highest BCUT2D eigenvalue weighted by molar-refractivity contribution is 9.10. The minimum Gasteiger partial charge on any atom is -0.463 e. The highest BCUT2D eigenvalue weighted by atomic mass is 79.9. The molecule has 66 valence electrons. The SMILES string of the molecule is CC(=O)c1cc(Br)c2occc2c1. The molecule has 0 bridgehead atoms. The van der Waals surface area contributed by atoms with E-state index in [9.17, 15) is 4.79 Å². The summed E-state index contributed by atoms with van der Waals surface area (Å²) in [4.78, 5) is 11.1. The lowest BCUT2D eigenvalue weighted by molar-refractivity contribution is 0.101. The Bertz CT molecular complexity index is 471. The summed E-state index contributed by atoms with van der Waals surface area (Å²) in [6.07, 6.45) is 1.61. The van der Waals surface area contributed by atoms with E-state index in [1.807, 2.05) is 12.1 Å². The van der Waals surface area contributed by atoms with E-state index in [0.717, 1.165) is 15.4 Å². The lowest BCUT2D eigenvalue weighted by Crippen LogP contribution is -1.90. The van der Waals surface area contributed by atoms with Gasteiger partial charge >= 0.3 is 0 Å². The predicted octanol–water partition coefficient (Wildman–Crippen LogP) is 3.40. The molecule has 0 radical (unpaired) electrons. The molecule has 0 unspecified atom stereocenters. The summed E-state index contributed by atoms with van der Waals surface area (Å²) in [7, 11) is 0. The topological polar surface area (TPSA) is 30.2 Å². The fraction of sp³-hybridized carbons (Fsp3) is 0.100. The number of carbonyl (C=O) groups excluding carboxylic acids is 1. The highest BCUT2D eigenvalue weighted by Gasteiger charge is 2.06. The van der Waals surface area contributed by atoms with Gasteiger partial charge in [0.25, 0.3) is 0 Å². The maximum absolute atomic E-state index is 11.1. The summed E-state index contributed by atoms with van der Waals surface area (Å²) in [5.74, 6) is 0.0591. The van der Waals surface area contributed by atoms with E-state index in [1.54, 1.807) is 19.3 Å². The number of rotatable bonds is 1. The van der Waals surface area contributed by atoms with E-state index in [-0.39, 0.29) is 5.78 Å². The standard InChI is InChI=1S/C10H7BrO2/c1-6(12)8-4-7-2-3-13-10(7)9(11)5-8/h2-5H,1H3. The Morgan fingerprint density at radius 2 is 2.23 bits per heavy atom. The number of halogens is 1. The molecule has 3 heteroatoms. The van der Waals surface area contributed by atoms with E-state index in [2.05, 4.69) is 15.9 Å². The normalized spacial score (nSPS) is 10.6. The maximum Gasteiger partial charge on any atom is 0.159 e. The molecule has 0 spiro atoms. The van der Waals surface area contributed by atoms with Crippen molar-refractivity contribution in [1.29, 1.82) is 0 Å². The first-order valence-corrected chi connectivity index (χ1v) is 4.65. The van der Waals surface area contributed by atoms with Gasteiger partial charge in [0.1, 0.15) is 5.58 Å². The van der Waals surface area contributed by atoms with Crippen LogP contribution < -0.4 is 0 Å². The van der Waals surface area contributed by atoms with Crippen molar-refractivity contribution in [1.82, 2.24) is 0 Å². The molecule has 2 aromatic rings. The fourth-order valence-electron chi connectivity index (χ4n) is 1.24. The molecule has 0 N–H and O–H groups in total. The summed E-state index contributed by atoms with van der Waals surface area (Å²) in [6.45, 7) is 1.55. The molecule has 0 amide bonds. The first-order chi connectivity index (χ1) is 6.18. The zero-order chi connectivity index (χ0) is 9.42. The lowest BCUT2D eigenvalue weighted by Gasteiger charge is -1.97. The molecule has 1 heterocycles. The molecule has 13 heavy (non-hydrogen) atoms. The van der Waals surface area contributed by atoms with Gasteiger partial charge < -0.3 is 4.42 Å². The monoisotopic (exact) mass is 238 g/mol. The lowest BCUT2D eigenvalue weighted by atomic mass is 10.1. The van der Waals surface area contributed by atoms with E-state index in [1.165, 1.54) is 0 Å². The van der Waals surface area contributed by atoms with Crippen molar-refractivity contribution < 1.29 is 9.21 Å². The number of ketones is 1. The molecule has 0 aliphatic heterocycles. The molecule has 1 aromatic carbocycles. The van der Waals surface area contributed by atoms with Crippen LogP contribution in [0.5, 0.6) is 0 Å². The van der Waals surface area contributed by atoms with Crippen LogP contribution >= 0.6 is 15.9 Å². The molecule has 0 aliphatic rings. The summed E-state index contributed by atoms with van der Waals surface area (Å²) in [5, 5.41) is 0.944. The molecule has 1 aromatic heterocycles. The Morgan fingerprint density at radius 3 is 2.92 bits per heavy atom. The number of fused-ring (bicyclic) bond motifs is 1. The largest absolute Gasteiger partial charge is 0.463 e. The van der Waals surface area contributed by atoms with Crippen molar-refractivity contribution in [2.45, 2.75) is 6.92 Å². The predicted molar refractivity (Wildman–Crippen MR) is 53.9 cm³/mol. The molecule has 0 fully saturated rings. The third-order valence-electron chi connectivity index (χ3n) is 1.91. The second-order valence-corrected chi connectivity index (χ2v) is 3.71. The van der Waals surface area contributed by atoms with Gasteiger partial charge in [0.05, 0.1) is 10.7 Å². The zero-order valence-electron chi connectivity index (χ0n) is 7.00. The van der Waals surface area contributed by atoms with Crippen LogP contribution in [-0.2, 0) is 0 Å². The van der Waals surface area contributed by atoms with Crippen LogP contribution in [0.3, 0.4) is 0 Å². The number of Topliss-reactive ketones (excluding diaryl/α,β-unsaturated/α-hetero) is 1. The molecule has 0 saturated heterocycles. The Balaban J connectivity index is 2.77. The maximum atomic E-state index is 11.1. The summed E-state index contributed by atoms with van der Waals surface area (Å²) in [5.41, 5.74) is 1.48. The van der Waals surface area contributed by atoms with E-state index in [0.29, 0.717) is 5.56 Å². The molecule has 0 aliphatic carbocycles. The van der Waals surface area contributed by atoms with Gasteiger partial charge in [-0.05, 0) is 41.1 Å². The van der Waals surface area contributed by atoms with E-state index < -0.39 is 0 Å². The van der Waals surface area contributed by atoms with Crippen molar-refractivity contribution in [2.24, 2.45) is 0 Å². The minimum atomic E-state index is 0.0591. The third-order valence-corrected chi connectivity index (χ3v) is 2.50. The first kappa shape index (κ1) is 8.51. The Morgan fingerprint density at radius 1 is 1.46 bits per heavy atom. The average molecular weight is 239 g/mol. The van der Waals surface area contributed by atoms with Crippen LogP contribution in [0, 0.1) is 0 Å². The minimum absolute atomic E-state index is 0.0591. The van der Waals surface area contributed by atoms with E-state index in [4.69, 9.17) is 4.42 Å². The van der Waals surface area contributed by atoms with Gasteiger partial charge in [-0.2, -0.15) is 0 Å². The van der Waals surface area contributed by atoms with Crippen molar-refractivity contribution in [2.75, 3.05) is 0 Å². The second-order valence-electron chi connectivity index (χ2n) is 2.85. The summed E-state index contributed by atoms with van der Waals surface area (Å²) < 4.78 is 6.04. The number of benzene rings is 1. The number of furan rings is 1. The van der Waals surface area contributed by atoms with Crippen LogP contribution in [0.1, 0.15) is 17.3 Å².